The van der Waals surface area contributed by atoms with Gasteiger partial charge in [0.2, 0.25) is 23.5 Å². The van der Waals surface area contributed by atoms with Crippen LogP contribution in [0.3, 0.4) is 0 Å². The highest BCUT2D eigenvalue weighted by molar-refractivity contribution is 5.93. The van der Waals surface area contributed by atoms with Crippen molar-refractivity contribution < 1.29 is 19.3 Å². The van der Waals surface area contributed by atoms with Crippen LogP contribution in [0.1, 0.15) is 80.0 Å². The molecule has 2 aromatic heterocycles. The number of hydrogen-bond acceptors (Lipinski definition) is 7. The quantitative estimate of drug-likeness (QED) is 0.433. The number of primary amides is 1. The summed E-state index contributed by atoms with van der Waals surface area (Å²) >= 11 is 0. The summed E-state index contributed by atoms with van der Waals surface area (Å²) in [6, 6.07) is 3.00. The summed E-state index contributed by atoms with van der Waals surface area (Å²) in [5, 5.41) is 12.8. The number of pyridine rings is 1. The molecule has 0 aliphatic heterocycles. The average molecular weight is 401 g/mol. The van der Waals surface area contributed by atoms with E-state index < -0.39 is 11.8 Å². The zero-order valence-corrected chi connectivity index (χ0v) is 16.3. The van der Waals surface area contributed by atoms with Gasteiger partial charge in [-0.2, -0.15) is 4.98 Å². The van der Waals surface area contributed by atoms with Gasteiger partial charge in [0.05, 0.1) is 0 Å². The predicted octanol–water partition coefficient (Wildman–Crippen LogP) is 2.96. The summed E-state index contributed by atoms with van der Waals surface area (Å²) in [4.78, 5) is 31.6. The number of hydrogen-bond donors (Lipinski definition) is 3. The number of carbonyl (C=O) groups excluding carboxylic acids is 2. The number of aromatic nitrogens is 3. The standard InChI is InChI=1S/C20H27N5O4/c21-18(27)14-9-10-22-16(11-14)19-23-20(29-25-19)15(12-17(26)24-28)8-4-7-13-5-2-1-3-6-13/h9-11,13,15,28H,1-8,12H2,(H2,21,27)(H,24,26)/t15-/m0/s1. The van der Waals surface area contributed by atoms with Crippen LogP contribution in [0.25, 0.3) is 11.5 Å². The Morgan fingerprint density at radius 3 is 2.83 bits per heavy atom. The Bertz CT molecular complexity index is 832. The molecule has 2 heterocycles. The smallest absolute Gasteiger partial charge is 0.248 e. The second-order valence-corrected chi connectivity index (χ2v) is 7.62. The van der Waals surface area contributed by atoms with E-state index in [1.807, 2.05) is 0 Å². The molecular weight excluding hydrogens is 374 g/mol. The van der Waals surface area contributed by atoms with Crippen LogP contribution in [-0.2, 0) is 4.79 Å². The highest BCUT2D eigenvalue weighted by atomic mass is 16.5. The molecule has 0 aromatic carbocycles. The predicted molar refractivity (Wildman–Crippen MR) is 104 cm³/mol. The SMILES string of the molecule is NC(=O)c1ccnc(-c2noc([C@@H](CCCC3CCCCC3)CC(=O)NO)n2)c1. The lowest BCUT2D eigenvalue weighted by Gasteiger charge is -2.22. The molecule has 156 valence electrons. The molecule has 2 aromatic rings. The van der Waals surface area contributed by atoms with Gasteiger partial charge in [-0.15, -0.1) is 0 Å². The number of hydroxylamine groups is 1. The van der Waals surface area contributed by atoms with Crippen LogP contribution in [0.2, 0.25) is 0 Å². The first kappa shape index (κ1) is 20.9. The monoisotopic (exact) mass is 401 g/mol. The maximum atomic E-state index is 11.7. The first-order chi connectivity index (χ1) is 14.1. The van der Waals surface area contributed by atoms with Crippen LogP contribution in [0.5, 0.6) is 0 Å². The number of nitrogens with one attached hydrogen (secondary N) is 1. The van der Waals surface area contributed by atoms with Gasteiger partial charge in [0, 0.05) is 24.1 Å². The first-order valence-electron chi connectivity index (χ1n) is 10.1. The third kappa shape index (κ3) is 5.83. The van der Waals surface area contributed by atoms with Gasteiger partial charge in [-0.05, 0) is 24.5 Å². The molecule has 1 atom stereocenters. The van der Waals surface area contributed by atoms with Crippen LogP contribution in [-0.4, -0.2) is 32.1 Å². The lowest BCUT2D eigenvalue weighted by molar-refractivity contribution is -0.129. The summed E-state index contributed by atoms with van der Waals surface area (Å²) in [7, 11) is 0. The van der Waals surface area contributed by atoms with Crippen molar-refractivity contribution in [2.45, 2.75) is 63.7 Å². The molecule has 3 rings (SSSR count). The van der Waals surface area contributed by atoms with Crippen molar-refractivity contribution in [3.63, 3.8) is 0 Å². The van der Waals surface area contributed by atoms with Crippen molar-refractivity contribution in [1.82, 2.24) is 20.6 Å². The van der Waals surface area contributed by atoms with E-state index in [1.165, 1.54) is 50.4 Å². The Kier molecular flexibility index (Phi) is 7.29. The molecule has 0 unspecified atom stereocenters. The third-order valence-electron chi connectivity index (χ3n) is 5.51. The van der Waals surface area contributed by atoms with Crippen molar-refractivity contribution in [2.75, 3.05) is 0 Å². The Labute approximate surface area is 169 Å². The molecule has 29 heavy (non-hydrogen) atoms. The summed E-state index contributed by atoms with van der Waals surface area (Å²) in [6.45, 7) is 0. The van der Waals surface area contributed by atoms with Gasteiger partial charge in [-0.3, -0.25) is 19.8 Å². The van der Waals surface area contributed by atoms with Gasteiger partial charge in [0.25, 0.3) is 0 Å². The summed E-state index contributed by atoms with van der Waals surface area (Å²) in [5.41, 5.74) is 7.63. The van der Waals surface area contributed by atoms with Gasteiger partial charge in [0.15, 0.2) is 0 Å². The molecule has 9 nitrogen and oxygen atoms in total. The van der Waals surface area contributed by atoms with E-state index in [4.69, 9.17) is 15.5 Å². The maximum absolute atomic E-state index is 11.7. The number of nitrogens with zero attached hydrogens (tertiary/aromatic N) is 3. The number of carbonyl (C=O) groups is 2. The number of amides is 2. The lowest BCUT2D eigenvalue weighted by Crippen LogP contribution is -2.21. The minimum absolute atomic E-state index is 0.0531. The molecule has 0 saturated heterocycles. The minimum atomic E-state index is -0.572. The van der Waals surface area contributed by atoms with Crippen LogP contribution in [0.15, 0.2) is 22.9 Å². The normalized spacial score (nSPS) is 15.8. The van der Waals surface area contributed by atoms with Gasteiger partial charge >= 0.3 is 0 Å². The summed E-state index contributed by atoms with van der Waals surface area (Å²) in [5.74, 6) is -0.0801. The van der Waals surface area contributed by atoms with Crippen molar-refractivity contribution >= 4 is 11.8 Å². The topological polar surface area (TPSA) is 144 Å². The van der Waals surface area contributed by atoms with E-state index >= 15 is 0 Å². The average Bonchev–Trinajstić information content (AvgIpc) is 3.24. The van der Waals surface area contributed by atoms with Gasteiger partial charge in [-0.25, -0.2) is 5.48 Å². The van der Waals surface area contributed by atoms with Crippen LogP contribution >= 0.6 is 0 Å². The maximum Gasteiger partial charge on any atom is 0.248 e. The molecule has 9 heteroatoms. The molecule has 0 bridgehead atoms. The Morgan fingerprint density at radius 1 is 1.31 bits per heavy atom. The van der Waals surface area contributed by atoms with E-state index in [9.17, 15) is 9.59 Å². The molecule has 0 spiro atoms. The largest absolute Gasteiger partial charge is 0.366 e. The highest BCUT2D eigenvalue weighted by Crippen LogP contribution is 2.31. The molecule has 0 radical (unpaired) electrons. The number of rotatable bonds is 9. The van der Waals surface area contributed by atoms with E-state index in [-0.39, 0.29) is 18.2 Å². The zero-order chi connectivity index (χ0) is 20.6. The Hall–Kier alpha value is -2.81. The van der Waals surface area contributed by atoms with Crippen LogP contribution in [0.4, 0.5) is 0 Å². The van der Waals surface area contributed by atoms with E-state index in [2.05, 4.69) is 15.1 Å². The Balaban J connectivity index is 1.69. The second-order valence-electron chi connectivity index (χ2n) is 7.62. The van der Waals surface area contributed by atoms with Crippen molar-refractivity contribution in [3.8, 4) is 11.5 Å². The summed E-state index contributed by atoms with van der Waals surface area (Å²) in [6.07, 6.45) is 10.7. The molecule has 4 N–H and O–H groups in total. The summed E-state index contributed by atoms with van der Waals surface area (Å²) < 4.78 is 5.39. The molecule has 1 aliphatic carbocycles. The van der Waals surface area contributed by atoms with E-state index in [1.54, 1.807) is 5.48 Å². The van der Waals surface area contributed by atoms with Gasteiger partial charge in [0.1, 0.15) is 5.69 Å². The zero-order valence-electron chi connectivity index (χ0n) is 16.3. The van der Waals surface area contributed by atoms with Gasteiger partial charge < -0.3 is 10.3 Å². The Morgan fingerprint density at radius 2 is 2.10 bits per heavy atom. The van der Waals surface area contributed by atoms with Crippen molar-refractivity contribution in [3.05, 3.63) is 29.8 Å². The second kappa shape index (κ2) is 10.1. The number of nitrogens with two attached hydrogens (primary N) is 1. The molecular formula is C20H27N5O4. The molecule has 1 fully saturated rings. The molecule has 1 saturated carbocycles. The lowest BCUT2D eigenvalue weighted by atomic mass is 9.84. The van der Waals surface area contributed by atoms with E-state index in [0.29, 0.717) is 23.6 Å². The fourth-order valence-electron chi connectivity index (χ4n) is 3.92. The fourth-order valence-corrected chi connectivity index (χ4v) is 3.92. The van der Waals surface area contributed by atoms with Crippen LogP contribution < -0.4 is 11.2 Å². The van der Waals surface area contributed by atoms with Crippen molar-refractivity contribution in [2.24, 2.45) is 11.7 Å². The highest BCUT2D eigenvalue weighted by Gasteiger charge is 2.24. The first-order valence-corrected chi connectivity index (χ1v) is 10.1. The van der Waals surface area contributed by atoms with Gasteiger partial charge in [-0.1, -0.05) is 50.1 Å². The molecule has 1 aliphatic rings. The van der Waals surface area contributed by atoms with Crippen molar-refractivity contribution in [1.29, 1.82) is 0 Å². The van der Waals surface area contributed by atoms with Crippen LogP contribution in [0, 0.1) is 5.92 Å². The third-order valence-corrected chi connectivity index (χ3v) is 5.51. The minimum Gasteiger partial charge on any atom is -0.366 e. The fraction of sp³-hybridized carbons (Fsp3) is 0.550. The van der Waals surface area contributed by atoms with E-state index in [0.717, 1.165) is 18.8 Å². The molecule has 2 amide bonds.